The number of carbonyl (C=O) groups is 1. The predicted molar refractivity (Wildman–Crippen MR) is 43.0 cm³/mol. The highest BCUT2D eigenvalue weighted by molar-refractivity contribution is 6.07. The number of allylic oxidation sites excluding steroid dienone is 4. The molecule has 0 unspecified atom stereocenters. The lowest BCUT2D eigenvalue weighted by molar-refractivity contribution is -0.111. The minimum atomic E-state index is 0.0285. The fourth-order valence-corrected chi connectivity index (χ4v) is 0.917. The van der Waals surface area contributed by atoms with Gasteiger partial charge in [-0.1, -0.05) is 6.58 Å². The van der Waals surface area contributed by atoms with Crippen molar-refractivity contribution in [3.05, 3.63) is 36.1 Å². The van der Waals surface area contributed by atoms with Crippen LogP contribution in [0.25, 0.3) is 0 Å². The molecule has 11 heavy (non-hydrogen) atoms. The van der Waals surface area contributed by atoms with Crippen LogP contribution in [0.3, 0.4) is 0 Å². The van der Waals surface area contributed by atoms with Crippen LogP contribution >= 0.6 is 0 Å². The maximum atomic E-state index is 10.9. The Balaban J connectivity index is 2.64. The van der Waals surface area contributed by atoms with Crippen LogP contribution in [0.1, 0.15) is 6.42 Å². The van der Waals surface area contributed by atoms with Crippen molar-refractivity contribution in [2.75, 3.05) is 7.11 Å². The first-order chi connectivity index (χ1) is 5.24. The molecule has 0 aromatic rings. The molecule has 0 aromatic carbocycles. The van der Waals surface area contributed by atoms with E-state index in [0.29, 0.717) is 12.0 Å². The monoisotopic (exact) mass is 150 g/mol. The van der Waals surface area contributed by atoms with E-state index in [1.54, 1.807) is 25.5 Å². The highest BCUT2D eigenvalue weighted by Crippen LogP contribution is 2.19. The summed E-state index contributed by atoms with van der Waals surface area (Å²) in [7, 11) is 1.57. The van der Waals surface area contributed by atoms with Crippen LogP contribution in [-0.4, -0.2) is 12.9 Å². The maximum absolute atomic E-state index is 10.9. The number of carbonyl (C=O) groups excluding carboxylic acids is 1. The molecule has 0 aromatic heterocycles. The first kappa shape index (κ1) is 7.79. The van der Waals surface area contributed by atoms with E-state index < -0.39 is 0 Å². The van der Waals surface area contributed by atoms with Crippen molar-refractivity contribution in [1.82, 2.24) is 0 Å². The van der Waals surface area contributed by atoms with Gasteiger partial charge in [0.2, 0.25) is 0 Å². The summed E-state index contributed by atoms with van der Waals surface area (Å²) in [6.45, 7) is 3.62. The van der Waals surface area contributed by atoms with Gasteiger partial charge in [-0.2, -0.15) is 0 Å². The zero-order chi connectivity index (χ0) is 8.27. The Hall–Kier alpha value is -1.31. The minimum Gasteiger partial charge on any atom is -0.504 e. The second-order valence-corrected chi connectivity index (χ2v) is 2.40. The second-order valence-electron chi connectivity index (χ2n) is 2.40. The third-order valence-corrected chi connectivity index (χ3v) is 1.50. The largest absolute Gasteiger partial charge is 0.504 e. The van der Waals surface area contributed by atoms with E-state index in [4.69, 9.17) is 4.74 Å². The minimum absolute atomic E-state index is 0.0285. The number of hydrogen-bond donors (Lipinski definition) is 0. The Bertz CT molecular complexity index is 246. The van der Waals surface area contributed by atoms with E-state index in [1.807, 2.05) is 0 Å². The Morgan fingerprint density at radius 2 is 2.45 bits per heavy atom. The summed E-state index contributed by atoms with van der Waals surface area (Å²) < 4.78 is 4.71. The predicted octanol–water partition coefficient (Wildman–Crippen LogP) is 1.60. The molecular formula is C9H10O2. The second kappa shape index (κ2) is 3.19. The summed E-state index contributed by atoms with van der Waals surface area (Å²) in [6, 6.07) is 0. The van der Waals surface area contributed by atoms with Gasteiger partial charge in [-0.3, -0.25) is 4.79 Å². The number of hydrogen-bond acceptors (Lipinski definition) is 2. The molecule has 2 heteroatoms. The van der Waals surface area contributed by atoms with Gasteiger partial charge in [-0.05, 0) is 23.3 Å². The van der Waals surface area contributed by atoms with Crippen LogP contribution in [0.2, 0.25) is 0 Å². The quantitative estimate of drug-likeness (QED) is 0.441. The SMILES string of the molecule is C=C1CC(/C=C\OC)=CC1=O. The Morgan fingerprint density at radius 3 is 2.91 bits per heavy atom. The zero-order valence-corrected chi connectivity index (χ0v) is 6.46. The number of methoxy groups -OCH3 is 1. The van der Waals surface area contributed by atoms with Gasteiger partial charge in [0, 0.05) is 6.42 Å². The van der Waals surface area contributed by atoms with Crippen molar-refractivity contribution < 1.29 is 9.53 Å². The molecule has 0 N–H and O–H groups in total. The molecule has 2 nitrogen and oxygen atoms in total. The Kier molecular flexibility index (Phi) is 2.26. The van der Waals surface area contributed by atoms with Crippen LogP contribution in [0.4, 0.5) is 0 Å². The summed E-state index contributed by atoms with van der Waals surface area (Å²) in [5.41, 5.74) is 1.61. The fourth-order valence-electron chi connectivity index (χ4n) is 0.917. The topological polar surface area (TPSA) is 26.3 Å². The average Bonchev–Trinajstić information content (AvgIpc) is 2.28. The van der Waals surface area contributed by atoms with Crippen LogP contribution in [0, 0.1) is 0 Å². The van der Waals surface area contributed by atoms with E-state index in [9.17, 15) is 4.79 Å². The highest BCUT2D eigenvalue weighted by Gasteiger charge is 2.13. The van der Waals surface area contributed by atoms with Gasteiger partial charge in [0.1, 0.15) is 0 Å². The first-order valence-electron chi connectivity index (χ1n) is 3.36. The molecule has 0 spiro atoms. The van der Waals surface area contributed by atoms with Gasteiger partial charge in [0.05, 0.1) is 13.4 Å². The molecule has 0 saturated carbocycles. The normalized spacial score (nSPS) is 17.7. The fraction of sp³-hybridized carbons (Fsp3) is 0.222. The molecular weight excluding hydrogens is 140 g/mol. The van der Waals surface area contributed by atoms with Gasteiger partial charge >= 0.3 is 0 Å². The first-order valence-corrected chi connectivity index (χ1v) is 3.36. The number of rotatable bonds is 2. The van der Waals surface area contributed by atoms with Crippen molar-refractivity contribution in [3.63, 3.8) is 0 Å². The van der Waals surface area contributed by atoms with Crippen LogP contribution < -0.4 is 0 Å². The van der Waals surface area contributed by atoms with Crippen LogP contribution in [-0.2, 0) is 9.53 Å². The summed E-state index contributed by atoms with van der Waals surface area (Å²) >= 11 is 0. The van der Waals surface area contributed by atoms with Crippen molar-refractivity contribution in [3.8, 4) is 0 Å². The molecule has 0 bridgehead atoms. The summed E-state index contributed by atoms with van der Waals surface area (Å²) in [6.07, 6.45) is 5.56. The van der Waals surface area contributed by atoms with Gasteiger partial charge < -0.3 is 4.74 Å². The molecule has 0 amide bonds. The number of ketones is 1. The van der Waals surface area contributed by atoms with Crippen molar-refractivity contribution in [2.24, 2.45) is 0 Å². The van der Waals surface area contributed by atoms with Gasteiger partial charge in [0.15, 0.2) is 5.78 Å². The standard InChI is InChI=1S/C9H10O2/c1-7-5-8(3-4-11-2)6-9(7)10/h3-4,6H,1,5H2,2H3/b4-3-. The van der Waals surface area contributed by atoms with Crippen molar-refractivity contribution in [1.29, 1.82) is 0 Å². The molecule has 1 rings (SSSR count). The van der Waals surface area contributed by atoms with Crippen molar-refractivity contribution in [2.45, 2.75) is 6.42 Å². The van der Waals surface area contributed by atoms with Gasteiger partial charge in [0.25, 0.3) is 0 Å². The lowest BCUT2D eigenvalue weighted by atomic mass is 10.2. The Morgan fingerprint density at radius 1 is 1.73 bits per heavy atom. The maximum Gasteiger partial charge on any atom is 0.181 e. The van der Waals surface area contributed by atoms with E-state index in [2.05, 4.69) is 6.58 Å². The summed E-state index contributed by atoms with van der Waals surface area (Å²) in [5.74, 6) is 0.0285. The van der Waals surface area contributed by atoms with Crippen LogP contribution in [0.5, 0.6) is 0 Å². The van der Waals surface area contributed by atoms with Gasteiger partial charge in [-0.15, -0.1) is 0 Å². The molecule has 0 fully saturated rings. The van der Waals surface area contributed by atoms with E-state index in [-0.39, 0.29) is 5.78 Å². The molecule has 0 heterocycles. The summed E-state index contributed by atoms with van der Waals surface area (Å²) in [5, 5.41) is 0. The van der Waals surface area contributed by atoms with Crippen molar-refractivity contribution >= 4 is 5.78 Å². The van der Waals surface area contributed by atoms with Gasteiger partial charge in [-0.25, -0.2) is 0 Å². The molecule has 0 atom stereocenters. The van der Waals surface area contributed by atoms with Crippen LogP contribution in [0.15, 0.2) is 36.1 Å². The highest BCUT2D eigenvalue weighted by atomic mass is 16.5. The molecule has 0 saturated heterocycles. The molecule has 58 valence electrons. The third-order valence-electron chi connectivity index (χ3n) is 1.50. The average molecular weight is 150 g/mol. The molecule has 1 aliphatic carbocycles. The smallest absolute Gasteiger partial charge is 0.181 e. The number of ether oxygens (including phenoxy) is 1. The Labute approximate surface area is 65.9 Å². The summed E-state index contributed by atoms with van der Waals surface area (Å²) in [4.78, 5) is 10.9. The van der Waals surface area contributed by atoms with E-state index in [1.165, 1.54) is 0 Å². The molecule has 0 aliphatic heterocycles. The van der Waals surface area contributed by atoms with E-state index in [0.717, 1.165) is 5.57 Å². The zero-order valence-electron chi connectivity index (χ0n) is 6.46. The lowest BCUT2D eigenvalue weighted by Crippen LogP contribution is -1.86. The lowest BCUT2D eigenvalue weighted by Gasteiger charge is -1.90. The third kappa shape index (κ3) is 1.80. The molecule has 0 radical (unpaired) electrons. The molecule has 1 aliphatic rings. The van der Waals surface area contributed by atoms with E-state index >= 15 is 0 Å².